The first-order valence-corrected chi connectivity index (χ1v) is 7.24. The summed E-state index contributed by atoms with van der Waals surface area (Å²) < 4.78 is 0. The number of rotatable bonds is 4. The molecular formula is C15H19N3O4. The van der Waals surface area contributed by atoms with Gasteiger partial charge in [-0.2, -0.15) is 0 Å². The summed E-state index contributed by atoms with van der Waals surface area (Å²) in [5, 5.41) is 13.8. The number of piperazine rings is 1. The minimum absolute atomic E-state index is 0.0240. The molecular weight excluding hydrogens is 286 g/mol. The van der Waals surface area contributed by atoms with Crippen LogP contribution in [0.2, 0.25) is 0 Å². The van der Waals surface area contributed by atoms with Crippen molar-refractivity contribution in [1.29, 1.82) is 0 Å². The highest BCUT2D eigenvalue weighted by atomic mass is 16.6. The number of nitro benzene ring substituents is 1. The Labute approximate surface area is 128 Å². The van der Waals surface area contributed by atoms with Crippen molar-refractivity contribution in [2.45, 2.75) is 26.3 Å². The van der Waals surface area contributed by atoms with Crippen molar-refractivity contribution in [3.05, 3.63) is 39.9 Å². The Morgan fingerprint density at radius 2 is 2.14 bits per heavy atom. The van der Waals surface area contributed by atoms with Crippen LogP contribution in [0.4, 0.5) is 5.69 Å². The van der Waals surface area contributed by atoms with Gasteiger partial charge in [-0.1, -0.05) is 26.0 Å². The first kappa shape index (κ1) is 15.9. The van der Waals surface area contributed by atoms with Crippen molar-refractivity contribution in [2.24, 2.45) is 5.92 Å². The van der Waals surface area contributed by atoms with Crippen LogP contribution in [-0.4, -0.2) is 40.8 Å². The quantitative estimate of drug-likeness (QED) is 0.675. The molecule has 2 amide bonds. The molecule has 1 aliphatic heterocycles. The largest absolute Gasteiger partial charge is 0.353 e. The van der Waals surface area contributed by atoms with Crippen molar-refractivity contribution in [3.63, 3.8) is 0 Å². The number of nitro groups is 1. The third-order valence-electron chi connectivity index (χ3n) is 3.62. The Morgan fingerprint density at radius 3 is 2.77 bits per heavy atom. The number of hydrogen-bond acceptors (Lipinski definition) is 4. The van der Waals surface area contributed by atoms with Crippen molar-refractivity contribution in [1.82, 2.24) is 10.2 Å². The van der Waals surface area contributed by atoms with Crippen molar-refractivity contribution < 1.29 is 14.5 Å². The standard InChI is InChI=1S/C15H19N3O4/c1-10(2)9-13-14(19)16-7-8-17(13)15(20)11-5-3-4-6-12(11)18(21)22/h3-6,10,13H,7-9H2,1-2H3,(H,16,19). The summed E-state index contributed by atoms with van der Waals surface area (Å²) in [6.45, 7) is 4.65. The van der Waals surface area contributed by atoms with Gasteiger partial charge in [0.1, 0.15) is 11.6 Å². The predicted octanol–water partition coefficient (Wildman–Crippen LogP) is 1.58. The summed E-state index contributed by atoms with van der Waals surface area (Å²) in [4.78, 5) is 36.7. The fourth-order valence-corrected chi connectivity index (χ4v) is 2.61. The average molecular weight is 305 g/mol. The number of carbonyl (C=O) groups is 2. The van der Waals surface area contributed by atoms with E-state index in [1.807, 2.05) is 13.8 Å². The number of nitrogens with zero attached hydrogens (tertiary/aromatic N) is 2. The van der Waals surface area contributed by atoms with Crippen LogP contribution in [0.3, 0.4) is 0 Å². The summed E-state index contributed by atoms with van der Waals surface area (Å²) in [6.07, 6.45) is 0.526. The monoisotopic (exact) mass is 305 g/mol. The van der Waals surface area contributed by atoms with E-state index in [1.54, 1.807) is 6.07 Å². The second-order valence-electron chi connectivity index (χ2n) is 5.71. The predicted molar refractivity (Wildman–Crippen MR) is 80.4 cm³/mol. The van der Waals surface area contributed by atoms with E-state index in [-0.39, 0.29) is 23.1 Å². The smallest absolute Gasteiger partial charge is 0.282 e. The van der Waals surface area contributed by atoms with Gasteiger partial charge in [0.05, 0.1) is 4.92 Å². The topological polar surface area (TPSA) is 92.6 Å². The van der Waals surface area contributed by atoms with E-state index in [4.69, 9.17) is 0 Å². The third-order valence-corrected chi connectivity index (χ3v) is 3.62. The summed E-state index contributed by atoms with van der Waals surface area (Å²) in [5.41, 5.74) is -0.210. The maximum Gasteiger partial charge on any atom is 0.282 e. The Hall–Kier alpha value is -2.44. The molecule has 0 radical (unpaired) electrons. The van der Waals surface area contributed by atoms with Crippen LogP contribution in [0.5, 0.6) is 0 Å². The van der Waals surface area contributed by atoms with Crippen molar-refractivity contribution in [2.75, 3.05) is 13.1 Å². The lowest BCUT2D eigenvalue weighted by Crippen LogP contribution is -2.57. The Morgan fingerprint density at radius 1 is 1.45 bits per heavy atom. The lowest BCUT2D eigenvalue weighted by molar-refractivity contribution is -0.385. The molecule has 1 aliphatic rings. The molecule has 7 nitrogen and oxygen atoms in total. The second kappa shape index (κ2) is 6.55. The maximum atomic E-state index is 12.7. The summed E-state index contributed by atoms with van der Waals surface area (Å²) in [5.74, 6) is -0.436. The molecule has 7 heteroatoms. The normalized spacial score (nSPS) is 18.2. The van der Waals surface area contributed by atoms with E-state index in [0.29, 0.717) is 19.5 Å². The SMILES string of the molecule is CC(C)CC1C(=O)NCCN1C(=O)c1ccccc1[N+](=O)[O-]. The zero-order valence-electron chi connectivity index (χ0n) is 12.6. The van der Waals surface area contributed by atoms with Gasteiger partial charge in [-0.25, -0.2) is 0 Å². The van der Waals surface area contributed by atoms with Crippen LogP contribution >= 0.6 is 0 Å². The van der Waals surface area contributed by atoms with E-state index in [1.165, 1.54) is 23.1 Å². The highest BCUT2D eigenvalue weighted by Crippen LogP contribution is 2.23. The molecule has 1 heterocycles. The number of para-hydroxylation sites is 1. The summed E-state index contributed by atoms with van der Waals surface area (Å²) >= 11 is 0. The third kappa shape index (κ3) is 3.24. The van der Waals surface area contributed by atoms with E-state index < -0.39 is 16.9 Å². The van der Waals surface area contributed by atoms with E-state index in [2.05, 4.69) is 5.32 Å². The van der Waals surface area contributed by atoms with Crippen LogP contribution < -0.4 is 5.32 Å². The minimum atomic E-state index is -0.582. The van der Waals surface area contributed by atoms with Crippen LogP contribution in [0, 0.1) is 16.0 Å². The lowest BCUT2D eigenvalue weighted by atomic mass is 9.99. The second-order valence-corrected chi connectivity index (χ2v) is 5.71. The Bertz CT molecular complexity index is 600. The molecule has 0 bridgehead atoms. The highest BCUT2D eigenvalue weighted by Gasteiger charge is 2.35. The van der Waals surface area contributed by atoms with Gasteiger partial charge in [-0.05, 0) is 18.4 Å². The van der Waals surface area contributed by atoms with Crippen LogP contribution in [0.1, 0.15) is 30.6 Å². The van der Waals surface area contributed by atoms with E-state index in [0.717, 1.165) is 0 Å². The number of nitrogens with one attached hydrogen (secondary N) is 1. The fourth-order valence-electron chi connectivity index (χ4n) is 2.61. The van der Waals surface area contributed by atoms with Crippen molar-refractivity contribution in [3.8, 4) is 0 Å². The average Bonchev–Trinajstić information content (AvgIpc) is 2.48. The molecule has 0 aliphatic carbocycles. The number of hydrogen-bond donors (Lipinski definition) is 1. The van der Waals surface area contributed by atoms with E-state index >= 15 is 0 Å². The Balaban J connectivity index is 2.34. The van der Waals surface area contributed by atoms with Gasteiger partial charge in [-0.15, -0.1) is 0 Å². The first-order valence-electron chi connectivity index (χ1n) is 7.24. The van der Waals surface area contributed by atoms with Gasteiger partial charge < -0.3 is 10.2 Å². The lowest BCUT2D eigenvalue weighted by Gasteiger charge is -2.35. The molecule has 1 aromatic rings. The molecule has 2 rings (SSSR count). The molecule has 1 aromatic carbocycles. The molecule has 118 valence electrons. The summed E-state index contributed by atoms with van der Waals surface area (Å²) in [6, 6.07) is 5.25. The van der Waals surface area contributed by atoms with Crippen molar-refractivity contribution >= 4 is 17.5 Å². The van der Waals surface area contributed by atoms with Gasteiger partial charge in [0, 0.05) is 19.2 Å². The van der Waals surface area contributed by atoms with Gasteiger partial charge in [0.25, 0.3) is 11.6 Å². The van der Waals surface area contributed by atoms with Crippen LogP contribution in [-0.2, 0) is 4.79 Å². The van der Waals surface area contributed by atoms with Gasteiger partial charge in [0.2, 0.25) is 5.91 Å². The summed E-state index contributed by atoms with van der Waals surface area (Å²) in [7, 11) is 0. The number of amides is 2. The molecule has 1 saturated heterocycles. The van der Waals surface area contributed by atoms with Gasteiger partial charge >= 0.3 is 0 Å². The number of carbonyl (C=O) groups excluding carboxylic acids is 2. The molecule has 1 N–H and O–H groups in total. The number of benzene rings is 1. The van der Waals surface area contributed by atoms with Gasteiger partial charge in [-0.3, -0.25) is 19.7 Å². The van der Waals surface area contributed by atoms with Crippen LogP contribution in [0.15, 0.2) is 24.3 Å². The molecule has 1 fully saturated rings. The molecule has 1 unspecified atom stereocenters. The fraction of sp³-hybridized carbons (Fsp3) is 0.467. The zero-order valence-corrected chi connectivity index (χ0v) is 12.6. The van der Waals surface area contributed by atoms with Crippen LogP contribution in [0.25, 0.3) is 0 Å². The van der Waals surface area contributed by atoms with E-state index in [9.17, 15) is 19.7 Å². The maximum absolute atomic E-state index is 12.7. The highest BCUT2D eigenvalue weighted by molar-refractivity contribution is 6.01. The molecule has 1 atom stereocenters. The zero-order chi connectivity index (χ0) is 16.3. The Kier molecular flexibility index (Phi) is 4.75. The van der Waals surface area contributed by atoms with Gasteiger partial charge in [0.15, 0.2) is 0 Å². The first-order chi connectivity index (χ1) is 10.4. The molecule has 0 aromatic heterocycles. The minimum Gasteiger partial charge on any atom is -0.353 e. The molecule has 0 spiro atoms. The molecule has 22 heavy (non-hydrogen) atoms. The molecule has 0 saturated carbocycles.